The van der Waals surface area contributed by atoms with Crippen LogP contribution >= 0.6 is 11.8 Å². The molecular formula is C22H24F3N3O4S. The molecule has 11 heteroatoms. The lowest BCUT2D eigenvalue weighted by atomic mass is 9.98. The molecule has 5 atom stereocenters. The third kappa shape index (κ3) is 5.39. The first-order valence-electron chi connectivity index (χ1n) is 9.99. The first-order chi connectivity index (χ1) is 15.7. The lowest BCUT2D eigenvalue weighted by Crippen LogP contribution is -2.56. The molecule has 1 fully saturated rings. The van der Waals surface area contributed by atoms with Gasteiger partial charge in [-0.25, -0.2) is 13.2 Å². The van der Waals surface area contributed by atoms with Crippen LogP contribution in [-0.4, -0.2) is 63.6 Å². The SMILES string of the molecule is Cc1cccc(C)c1S[C@H]1OC(CO)[C@H](O)C(N=CC(=NN)c2cc(F)c(F)c(F)c2)C1O. The summed E-state index contributed by atoms with van der Waals surface area (Å²) >= 11 is 1.23. The first kappa shape index (κ1) is 25.2. The number of aryl methyl sites for hydroxylation is 2. The summed E-state index contributed by atoms with van der Waals surface area (Å²) in [6.07, 6.45) is -2.74. The number of benzene rings is 2. The number of thioether (sulfide) groups is 1. The maximum Gasteiger partial charge on any atom is 0.194 e. The Kier molecular flexibility index (Phi) is 8.14. The molecule has 0 radical (unpaired) electrons. The third-order valence-electron chi connectivity index (χ3n) is 5.28. The second-order valence-electron chi connectivity index (χ2n) is 7.58. The molecule has 3 unspecified atom stereocenters. The zero-order valence-electron chi connectivity index (χ0n) is 17.8. The van der Waals surface area contributed by atoms with Crippen LogP contribution in [-0.2, 0) is 4.74 Å². The number of aliphatic hydroxyl groups excluding tert-OH is 3. The topological polar surface area (TPSA) is 121 Å². The maximum atomic E-state index is 13.6. The Morgan fingerprint density at radius 1 is 1.12 bits per heavy atom. The summed E-state index contributed by atoms with van der Waals surface area (Å²) in [5.74, 6) is 0.801. The molecule has 3 rings (SSSR count). The predicted molar refractivity (Wildman–Crippen MR) is 119 cm³/mol. The molecule has 178 valence electrons. The van der Waals surface area contributed by atoms with Crippen LogP contribution in [0.2, 0.25) is 0 Å². The van der Waals surface area contributed by atoms with Crippen LogP contribution in [0, 0.1) is 31.3 Å². The Morgan fingerprint density at radius 2 is 1.73 bits per heavy atom. The van der Waals surface area contributed by atoms with Crippen LogP contribution in [0.5, 0.6) is 0 Å². The number of hydrazone groups is 1. The van der Waals surface area contributed by atoms with E-state index >= 15 is 0 Å². The molecule has 7 nitrogen and oxygen atoms in total. The van der Waals surface area contributed by atoms with Gasteiger partial charge in [0, 0.05) is 16.7 Å². The summed E-state index contributed by atoms with van der Waals surface area (Å²) in [7, 11) is 0. The van der Waals surface area contributed by atoms with Gasteiger partial charge in [-0.15, -0.1) is 0 Å². The lowest BCUT2D eigenvalue weighted by Gasteiger charge is -2.40. The molecule has 0 saturated carbocycles. The van der Waals surface area contributed by atoms with E-state index in [0.717, 1.165) is 22.2 Å². The van der Waals surface area contributed by atoms with Crippen molar-refractivity contribution in [1.29, 1.82) is 0 Å². The zero-order valence-corrected chi connectivity index (χ0v) is 18.6. The average molecular weight is 484 g/mol. The van der Waals surface area contributed by atoms with Crippen LogP contribution in [0.1, 0.15) is 16.7 Å². The minimum Gasteiger partial charge on any atom is -0.394 e. The van der Waals surface area contributed by atoms with Crippen molar-refractivity contribution in [2.24, 2.45) is 15.9 Å². The van der Waals surface area contributed by atoms with Gasteiger partial charge in [0.1, 0.15) is 35.5 Å². The van der Waals surface area contributed by atoms with Crippen molar-refractivity contribution in [3.05, 3.63) is 64.5 Å². The summed E-state index contributed by atoms with van der Waals surface area (Å²) in [6, 6.07) is 5.93. The number of nitrogens with two attached hydrogens (primary N) is 1. The van der Waals surface area contributed by atoms with E-state index in [1.54, 1.807) is 0 Å². The van der Waals surface area contributed by atoms with Gasteiger partial charge in [-0.05, 0) is 37.1 Å². The summed E-state index contributed by atoms with van der Waals surface area (Å²) in [5, 5.41) is 34.5. The van der Waals surface area contributed by atoms with E-state index in [1.165, 1.54) is 11.8 Å². The van der Waals surface area contributed by atoms with Crippen molar-refractivity contribution < 1.29 is 33.2 Å². The molecule has 1 saturated heterocycles. The molecule has 0 bridgehead atoms. The Balaban J connectivity index is 1.89. The number of aliphatic hydroxyl groups is 3. The van der Waals surface area contributed by atoms with Crippen molar-refractivity contribution in [3.8, 4) is 0 Å². The van der Waals surface area contributed by atoms with Crippen LogP contribution in [0.15, 0.2) is 45.3 Å². The molecule has 0 spiro atoms. The van der Waals surface area contributed by atoms with Gasteiger partial charge < -0.3 is 25.9 Å². The highest BCUT2D eigenvalue weighted by atomic mass is 32.2. The van der Waals surface area contributed by atoms with Crippen LogP contribution in [0.25, 0.3) is 0 Å². The van der Waals surface area contributed by atoms with Gasteiger partial charge >= 0.3 is 0 Å². The molecular weight excluding hydrogens is 459 g/mol. The Morgan fingerprint density at radius 3 is 2.27 bits per heavy atom. The lowest BCUT2D eigenvalue weighted by molar-refractivity contribution is -0.159. The maximum absolute atomic E-state index is 13.6. The number of rotatable bonds is 6. The van der Waals surface area contributed by atoms with E-state index in [0.29, 0.717) is 12.1 Å². The fourth-order valence-electron chi connectivity index (χ4n) is 3.48. The monoisotopic (exact) mass is 483 g/mol. The Bertz CT molecular complexity index is 1030. The second-order valence-corrected chi connectivity index (χ2v) is 8.69. The molecule has 0 aliphatic carbocycles. The number of hydrogen-bond donors (Lipinski definition) is 4. The fourth-order valence-corrected chi connectivity index (χ4v) is 4.72. The van der Waals surface area contributed by atoms with Crippen LogP contribution in [0.3, 0.4) is 0 Å². The van der Waals surface area contributed by atoms with E-state index in [2.05, 4.69) is 10.1 Å². The van der Waals surface area contributed by atoms with Gasteiger partial charge in [-0.3, -0.25) is 4.99 Å². The van der Waals surface area contributed by atoms with Crippen LogP contribution < -0.4 is 5.84 Å². The van der Waals surface area contributed by atoms with Gasteiger partial charge in [0.25, 0.3) is 0 Å². The smallest absolute Gasteiger partial charge is 0.194 e. The molecule has 5 N–H and O–H groups in total. The average Bonchev–Trinajstić information content (AvgIpc) is 2.78. The molecule has 2 aromatic rings. The number of ether oxygens (including phenoxy) is 1. The van der Waals surface area contributed by atoms with Crippen LogP contribution in [0.4, 0.5) is 13.2 Å². The Labute approximate surface area is 192 Å². The molecule has 2 aromatic carbocycles. The quantitative estimate of drug-likeness (QED) is 0.216. The molecule has 1 aliphatic rings. The molecule has 33 heavy (non-hydrogen) atoms. The summed E-state index contributed by atoms with van der Waals surface area (Å²) < 4.78 is 46.2. The highest BCUT2D eigenvalue weighted by Gasteiger charge is 2.44. The van der Waals surface area contributed by atoms with E-state index in [1.807, 2.05) is 32.0 Å². The number of aliphatic imine (C=N–C) groups is 1. The minimum atomic E-state index is -1.64. The molecule has 0 aromatic heterocycles. The van der Waals surface area contributed by atoms with E-state index in [4.69, 9.17) is 10.6 Å². The van der Waals surface area contributed by atoms with Crippen molar-refractivity contribution in [1.82, 2.24) is 0 Å². The third-order valence-corrected chi connectivity index (χ3v) is 6.78. The second kappa shape index (κ2) is 10.7. The summed E-state index contributed by atoms with van der Waals surface area (Å²) in [6.45, 7) is 3.28. The van der Waals surface area contributed by atoms with E-state index in [-0.39, 0.29) is 11.3 Å². The van der Waals surface area contributed by atoms with Gasteiger partial charge in [-0.2, -0.15) is 5.10 Å². The largest absolute Gasteiger partial charge is 0.394 e. The molecule has 1 heterocycles. The van der Waals surface area contributed by atoms with Gasteiger partial charge in [0.2, 0.25) is 0 Å². The van der Waals surface area contributed by atoms with Gasteiger partial charge in [0.15, 0.2) is 17.5 Å². The predicted octanol–water partition coefficient (Wildman–Crippen LogP) is 2.05. The van der Waals surface area contributed by atoms with E-state index in [9.17, 15) is 28.5 Å². The fraction of sp³-hybridized carbons (Fsp3) is 0.364. The van der Waals surface area contributed by atoms with Crippen molar-refractivity contribution in [2.45, 2.75) is 48.5 Å². The van der Waals surface area contributed by atoms with Gasteiger partial charge in [0.05, 0.1) is 6.61 Å². The zero-order chi connectivity index (χ0) is 24.3. The number of nitrogens with zero attached hydrogens (tertiary/aromatic N) is 2. The van der Waals surface area contributed by atoms with Crippen molar-refractivity contribution >= 4 is 23.7 Å². The molecule has 0 amide bonds. The van der Waals surface area contributed by atoms with E-state index < -0.39 is 53.8 Å². The summed E-state index contributed by atoms with van der Waals surface area (Å²) in [4.78, 5) is 5.00. The minimum absolute atomic E-state index is 0.186. The normalized spacial score (nSPS) is 26.2. The van der Waals surface area contributed by atoms with Crippen molar-refractivity contribution in [3.63, 3.8) is 0 Å². The highest BCUT2D eigenvalue weighted by Crippen LogP contribution is 2.37. The summed E-state index contributed by atoms with van der Waals surface area (Å²) in [5.41, 5.74) is 0.638. The van der Waals surface area contributed by atoms with Gasteiger partial charge in [-0.1, -0.05) is 30.0 Å². The molecule has 1 aliphatic heterocycles. The Hall–Kier alpha value is -2.44. The number of halogens is 3. The standard InChI is InChI=1S/C22H24F3N3O4S/c1-10-4-3-5-11(2)21(10)33-22-20(31)18(19(30)16(9-29)32-22)27-8-15(28-26)12-6-13(23)17(25)14(24)7-12/h3-8,16,18-20,22,29-31H,9,26H2,1-2H3/t16?,18?,19-,20?,22+/m0/s1. The van der Waals surface area contributed by atoms with Crippen molar-refractivity contribution in [2.75, 3.05) is 6.61 Å². The first-order valence-corrected chi connectivity index (χ1v) is 10.9. The number of hydrogen-bond acceptors (Lipinski definition) is 8. The highest BCUT2D eigenvalue weighted by molar-refractivity contribution is 8.00.